The second kappa shape index (κ2) is 6.83. The molecule has 0 bridgehead atoms. The molecule has 0 amide bonds. The maximum Gasteiger partial charge on any atom is 0.0702 e. The van der Waals surface area contributed by atoms with Gasteiger partial charge in [-0.2, -0.15) is 11.3 Å². The van der Waals surface area contributed by atoms with Gasteiger partial charge in [-0.05, 0) is 59.5 Å². The molecule has 3 heteroatoms. The first-order valence-electron chi connectivity index (χ1n) is 7.46. The Morgan fingerprint density at radius 3 is 2.95 bits per heavy atom. The van der Waals surface area contributed by atoms with E-state index >= 15 is 0 Å². The van der Waals surface area contributed by atoms with Crippen molar-refractivity contribution in [3.05, 3.63) is 64.5 Å². The zero-order chi connectivity index (χ0) is 14.5. The van der Waals surface area contributed by atoms with Crippen LogP contribution in [0.4, 0.5) is 0 Å². The summed E-state index contributed by atoms with van der Waals surface area (Å²) < 4.78 is 0. The highest BCUT2D eigenvalue weighted by Gasteiger charge is 2.13. The van der Waals surface area contributed by atoms with E-state index in [9.17, 15) is 0 Å². The van der Waals surface area contributed by atoms with Crippen molar-refractivity contribution in [3.8, 4) is 0 Å². The van der Waals surface area contributed by atoms with E-state index in [1.54, 1.807) is 11.3 Å². The Labute approximate surface area is 129 Å². The van der Waals surface area contributed by atoms with E-state index in [0.29, 0.717) is 6.04 Å². The minimum atomic E-state index is 0.330. The minimum Gasteiger partial charge on any atom is -0.310 e. The summed E-state index contributed by atoms with van der Waals surface area (Å²) >= 11 is 1.76. The Morgan fingerprint density at radius 1 is 1.24 bits per heavy atom. The van der Waals surface area contributed by atoms with Crippen molar-refractivity contribution in [2.45, 2.75) is 25.8 Å². The van der Waals surface area contributed by atoms with Crippen molar-refractivity contribution < 1.29 is 0 Å². The number of thiophene rings is 1. The first-order chi connectivity index (χ1) is 10.4. The van der Waals surface area contributed by atoms with Crippen molar-refractivity contribution in [1.29, 1.82) is 0 Å². The number of pyridine rings is 1. The Balaban J connectivity index is 1.89. The normalized spacial score (nSPS) is 12.6. The van der Waals surface area contributed by atoms with Crippen LogP contribution in [0.2, 0.25) is 0 Å². The Kier molecular flexibility index (Phi) is 4.63. The highest BCUT2D eigenvalue weighted by Crippen LogP contribution is 2.22. The maximum atomic E-state index is 4.60. The summed E-state index contributed by atoms with van der Waals surface area (Å²) in [6, 6.07) is 13.1. The average molecular weight is 296 g/mol. The van der Waals surface area contributed by atoms with Crippen molar-refractivity contribution in [1.82, 2.24) is 10.3 Å². The molecule has 2 heterocycles. The van der Waals surface area contributed by atoms with Gasteiger partial charge < -0.3 is 5.32 Å². The smallest absolute Gasteiger partial charge is 0.0702 e. The molecule has 0 aliphatic rings. The summed E-state index contributed by atoms with van der Waals surface area (Å²) in [5, 5.41) is 9.24. The van der Waals surface area contributed by atoms with Gasteiger partial charge in [0.25, 0.3) is 0 Å². The topological polar surface area (TPSA) is 24.9 Å². The molecule has 0 saturated heterocycles. The monoisotopic (exact) mass is 296 g/mol. The number of hydrogen-bond acceptors (Lipinski definition) is 3. The molecule has 0 saturated carbocycles. The summed E-state index contributed by atoms with van der Waals surface area (Å²) in [5.74, 6) is 0. The highest BCUT2D eigenvalue weighted by molar-refractivity contribution is 7.07. The third-order valence-electron chi connectivity index (χ3n) is 3.67. The molecule has 1 unspecified atom stereocenters. The highest BCUT2D eigenvalue weighted by atomic mass is 32.1. The minimum absolute atomic E-state index is 0.330. The maximum absolute atomic E-state index is 4.60. The Hall–Kier alpha value is -1.71. The number of hydrogen-bond donors (Lipinski definition) is 1. The van der Waals surface area contributed by atoms with Crippen LogP contribution in [0.15, 0.2) is 53.4 Å². The molecule has 0 aliphatic heterocycles. The molecule has 21 heavy (non-hydrogen) atoms. The second-order valence-corrected chi connectivity index (χ2v) is 6.08. The van der Waals surface area contributed by atoms with Crippen LogP contribution in [0, 0.1) is 0 Å². The second-order valence-electron chi connectivity index (χ2n) is 5.30. The van der Waals surface area contributed by atoms with E-state index in [1.165, 1.54) is 16.5 Å². The summed E-state index contributed by atoms with van der Waals surface area (Å²) in [4.78, 5) is 4.60. The lowest BCUT2D eigenvalue weighted by atomic mass is 10.0. The van der Waals surface area contributed by atoms with E-state index < -0.39 is 0 Å². The number of para-hydroxylation sites is 1. The zero-order valence-electron chi connectivity index (χ0n) is 12.3. The molecule has 1 N–H and O–H groups in total. The molecule has 0 radical (unpaired) electrons. The van der Waals surface area contributed by atoms with Crippen LogP contribution >= 0.6 is 11.3 Å². The average Bonchev–Trinajstić information content (AvgIpc) is 3.04. The molecular formula is C18H20N2S. The Morgan fingerprint density at radius 2 is 2.14 bits per heavy atom. The van der Waals surface area contributed by atoms with Gasteiger partial charge in [0.15, 0.2) is 0 Å². The molecule has 1 atom stereocenters. The number of fused-ring (bicyclic) bond motifs is 1. The van der Waals surface area contributed by atoms with Crippen LogP contribution in [-0.2, 0) is 6.42 Å². The summed E-state index contributed by atoms with van der Waals surface area (Å²) in [5.41, 5.74) is 3.72. The number of aromatic nitrogens is 1. The van der Waals surface area contributed by atoms with Gasteiger partial charge in [-0.1, -0.05) is 25.1 Å². The van der Waals surface area contributed by atoms with Crippen LogP contribution in [0.1, 0.15) is 30.5 Å². The number of benzene rings is 1. The van der Waals surface area contributed by atoms with Crippen molar-refractivity contribution in [2.24, 2.45) is 0 Å². The van der Waals surface area contributed by atoms with E-state index in [2.05, 4.69) is 58.3 Å². The molecule has 108 valence electrons. The third-order valence-corrected chi connectivity index (χ3v) is 4.41. The van der Waals surface area contributed by atoms with Gasteiger partial charge in [-0.3, -0.25) is 4.98 Å². The van der Waals surface area contributed by atoms with Crippen LogP contribution in [0.5, 0.6) is 0 Å². The first kappa shape index (κ1) is 14.2. The van der Waals surface area contributed by atoms with Gasteiger partial charge in [0.2, 0.25) is 0 Å². The molecule has 0 aliphatic carbocycles. The van der Waals surface area contributed by atoms with E-state index in [0.717, 1.165) is 24.9 Å². The van der Waals surface area contributed by atoms with Crippen molar-refractivity contribution in [2.75, 3.05) is 6.54 Å². The molecule has 3 aromatic rings. The van der Waals surface area contributed by atoms with Crippen LogP contribution in [0.3, 0.4) is 0 Å². The van der Waals surface area contributed by atoms with Crippen LogP contribution < -0.4 is 5.32 Å². The number of nitrogens with zero attached hydrogens (tertiary/aromatic N) is 1. The van der Waals surface area contributed by atoms with Gasteiger partial charge >= 0.3 is 0 Å². The van der Waals surface area contributed by atoms with Gasteiger partial charge in [0.1, 0.15) is 0 Å². The predicted octanol–water partition coefficient (Wildman–Crippen LogP) is 4.58. The molecule has 0 spiro atoms. The van der Waals surface area contributed by atoms with Gasteiger partial charge in [0.05, 0.1) is 5.52 Å². The quantitative estimate of drug-likeness (QED) is 0.720. The predicted molar refractivity (Wildman–Crippen MR) is 90.8 cm³/mol. The number of rotatable bonds is 6. The fourth-order valence-electron chi connectivity index (χ4n) is 2.55. The van der Waals surface area contributed by atoms with Crippen LogP contribution in [-0.4, -0.2) is 11.5 Å². The fraction of sp³-hybridized carbons (Fsp3) is 0.278. The van der Waals surface area contributed by atoms with Crippen LogP contribution in [0.25, 0.3) is 10.9 Å². The van der Waals surface area contributed by atoms with Gasteiger partial charge in [-0.25, -0.2) is 0 Å². The SMILES string of the molecule is CCCNC(Cc1ccsc1)c1cnc2ccccc2c1. The lowest BCUT2D eigenvalue weighted by molar-refractivity contribution is 0.529. The molecular weight excluding hydrogens is 276 g/mol. The summed E-state index contributed by atoms with van der Waals surface area (Å²) in [7, 11) is 0. The van der Waals surface area contributed by atoms with Crippen molar-refractivity contribution >= 4 is 22.2 Å². The molecule has 2 aromatic heterocycles. The number of nitrogens with one attached hydrogen (secondary N) is 1. The van der Waals surface area contributed by atoms with E-state index in [-0.39, 0.29) is 0 Å². The molecule has 2 nitrogen and oxygen atoms in total. The fourth-order valence-corrected chi connectivity index (χ4v) is 3.23. The summed E-state index contributed by atoms with van der Waals surface area (Å²) in [6.07, 6.45) is 4.17. The first-order valence-corrected chi connectivity index (χ1v) is 8.40. The molecule has 1 aromatic carbocycles. The lowest BCUT2D eigenvalue weighted by Crippen LogP contribution is -2.24. The van der Waals surface area contributed by atoms with E-state index in [4.69, 9.17) is 0 Å². The summed E-state index contributed by atoms with van der Waals surface area (Å²) in [6.45, 7) is 3.23. The third kappa shape index (κ3) is 3.49. The van der Waals surface area contributed by atoms with Gasteiger partial charge in [0, 0.05) is 17.6 Å². The molecule has 0 fully saturated rings. The zero-order valence-corrected chi connectivity index (χ0v) is 13.1. The van der Waals surface area contributed by atoms with Crippen molar-refractivity contribution in [3.63, 3.8) is 0 Å². The lowest BCUT2D eigenvalue weighted by Gasteiger charge is -2.18. The van der Waals surface area contributed by atoms with E-state index in [1.807, 2.05) is 12.3 Å². The van der Waals surface area contributed by atoms with Gasteiger partial charge in [-0.15, -0.1) is 0 Å². The standard InChI is InChI=1S/C18H20N2S/c1-2-8-19-18(10-14-7-9-21-13-14)16-11-15-5-3-4-6-17(15)20-12-16/h3-7,9,11-13,18-19H,2,8,10H2,1H3. The molecule has 3 rings (SSSR count). The largest absolute Gasteiger partial charge is 0.310 e. The Bertz CT molecular complexity index is 691.